The summed E-state index contributed by atoms with van der Waals surface area (Å²) in [6, 6.07) is 48.0. The largest absolute Gasteiger partial charge is 0.294 e. The Hall–Kier alpha value is -4.95. The molecule has 0 aliphatic heterocycles. The zero-order chi connectivity index (χ0) is 28.0. The van der Waals surface area contributed by atoms with Crippen LogP contribution in [0.15, 0.2) is 140 Å². The molecule has 1 heterocycles. The van der Waals surface area contributed by atoms with E-state index in [9.17, 15) is 0 Å². The van der Waals surface area contributed by atoms with Crippen molar-refractivity contribution in [2.45, 2.75) is 26.2 Å². The lowest BCUT2D eigenvalue weighted by atomic mass is 9.88. The molecule has 7 aromatic rings. The molecule has 0 aliphatic rings. The van der Waals surface area contributed by atoms with Crippen molar-refractivity contribution in [3.8, 4) is 11.1 Å². The Morgan fingerprint density at radius 2 is 1.12 bits per heavy atom. The van der Waals surface area contributed by atoms with E-state index in [2.05, 4.69) is 159 Å². The van der Waals surface area contributed by atoms with E-state index in [0.29, 0.717) is 0 Å². The molecule has 0 amide bonds. The molecular formula is C39H32N2. The Bertz CT molecular complexity index is 1960. The maximum atomic E-state index is 5.05. The highest BCUT2D eigenvalue weighted by molar-refractivity contribution is 6.22. The van der Waals surface area contributed by atoms with Crippen LogP contribution in [0.25, 0.3) is 43.4 Å². The Kier molecular flexibility index (Phi) is 6.05. The van der Waals surface area contributed by atoms with Crippen LogP contribution in [-0.4, -0.2) is 4.98 Å². The van der Waals surface area contributed by atoms with Gasteiger partial charge in [0, 0.05) is 22.7 Å². The summed E-state index contributed by atoms with van der Waals surface area (Å²) < 4.78 is 0. The molecule has 0 bridgehead atoms. The van der Waals surface area contributed by atoms with Crippen LogP contribution in [0.4, 0.5) is 17.2 Å². The molecule has 198 valence electrons. The Morgan fingerprint density at radius 3 is 1.73 bits per heavy atom. The third-order valence-electron chi connectivity index (χ3n) is 8.02. The Morgan fingerprint density at radius 1 is 0.537 bits per heavy atom. The van der Waals surface area contributed by atoms with Crippen LogP contribution in [0.3, 0.4) is 0 Å². The molecule has 2 nitrogen and oxygen atoms in total. The number of nitrogens with zero attached hydrogens (tertiary/aromatic N) is 2. The van der Waals surface area contributed by atoms with Gasteiger partial charge in [0.05, 0.1) is 5.69 Å². The van der Waals surface area contributed by atoms with Crippen LogP contribution in [0.5, 0.6) is 0 Å². The van der Waals surface area contributed by atoms with Gasteiger partial charge in [-0.05, 0) is 67.9 Å². The quantitative estimate of drug-likeness (QED) is 0.211. The van der Waals surface area contributed by atoms with Crippen LogP contribution in [0.2, 0.25) is 0 Å². The highest BCUT2D eigenvalue weighted by atomic mass is 15.2. The van der Waals surface area contributed by atoms with Gasteiger partial charge in [0.2, 0.25) is 0 Å². The third-order valence-corrected chi connectivity index (χ3v) is 8.02. The minimum absolute atomic E-state index is 0.0318. The van der Waals surface area contributed by atoms with Gasteiger partial charge in [0.1, 0.15) is 5.82 Å². The van der Waals surface area contributed by atoms with Crippen molar-refractivity contribution in [2.24, 2.45) is 0 Å². The summed E-state index contributed by atoms with van der Waals surface area (Å²) >= 11 is 0. The molecule has 7 rings (SSSR count). The fourth-order valence-electron chi connectivity index (χ4n) is 5.92. The Balaban J connectivity index is 1.56. The van der Waals surface area contributed by atoms with Crippen LogP contribution >= 0.6 is 0 Å². The average Bonchev–Trinajstić information content (AvgIpc) is 3.01. The second-order valence-corrected chi connectivity index (χ2v) is 11.7. The number of fused-ring (bicyclic) bond motifs is 3. The number of anilines is 3. The van der Waals surface area contributed by atoms with Gasteiger partial charge in [-0.2, -0.15) is 0 Å². The lowest BCUT2D eigenvalue weighted by Crippen LogP contribution is -2.15. The average molecular weight is 529 g/mol. The van der Waals surface area contributed by atoms with Gasteiger partial charge in [-0.25, -0.2) is 4.98 Å². The molecule has 0 saturated carbocycles. The van der Waals surface area contributed by atoms with E-state index in [0.717, 1.165) is 17.2 Å². The van der Waals surface area contributed by atoms with E-state index >= 15 is 0 Å². The van der Waals surface area contributed by atoms with Gasteiger partial charge >= 0.3 is 0 Å². The van der Waals surface area contributed by atoms with E-state index in [1.165, 1.54) is 49.0 Å². The fourth-order valence-corrected chi connectivity index (χ4v) is 5.92. The van der Waals surface area contributed by atoms with Crippen LogP contribution in [-0.2, 0) is 5.41 Å². The summed E-state index contributed by atoms with van der Waals surface area (Å²) in [6.07, 6.45) is 2.03. The minimum atomic E-state index is 0.0318. The van der Waals surface area contributed by atoms with Crippen molar-refractivity contribution in [1.29, 1.82) is 0 Å². The first-order chi connectivity index (χ1) is 20.0. The molecule has 0 aliphatic carbocycles. The van der Waals surface area contributed by atoms with Gasteiger partial charge < -0.3 is 0 Å². The zero-order valence-corrected chi connectivity index (χ0v) is 23.7. The number of benzene rings is 6. The summed E-state index contributed by atoms with van der Waals surface area (Å²) in [7, 11) is 0. The molecule has 2 heteroatoms. The second kappa shape index (κ2) is 9.91. The number of aromatic nitrogens is 1. The second-order valence-electron chi connectivity index (χ2n) is 11.7. The Labute approximate surface area is 241 Å². The van der Waals surface area contributed by atoms with E-state index in [-0.39, 0.29) is 5.41 Å². The normalized spacial score (nSPS) is 11.8. The van der Waals surface area contributed by atoms with Gasteiger partial charge in [-0.1, -0.05) is 130 Å². The molecule has 0 radical (unpaired) electrons. The van der Waals surface area contributed by atoms with E-state index in [1.807, 2.05) is 6.20 Å². The van der Waals surface area contributed by atoms with Crippen molar-refractivity contribution in [3.05, 3.63) is 145 Å². The van der Waals surface area contributed by atoms with Crippen LogP contribution in [0, 0.1) is 0 Å². The molecule has 0 atom stereocenters. The van der Waals surface area contributed by atoms with E-state index in [4.69, 9.17) is 4.98 Å². The summed E-state index contributed by atoms with van der Waals surface area (Å²) in [6.45, 7) is 6.68. The monoisotopic (exact) mass is 528 g/mol. The molecule has 0 unspecified atom stereocenters. The zero-order valence-electron chi connectivity index (χ0n) is 23.7. The van der Waals surface area contributed by atoms with Crippen LogP contribution in [0.1, 0.15) is 26.3 Å². The summed E-state index contributed by atoms with van der Waals surface area (Å²) in [5.41, 5.74) is 5.96. The topological polar surface area (TPSA) is 16.1 Å². The molecular weight excluding hydrogens is 496 g/mol. The van der Waals surface area contributed by atoms with E-state index in [1.54, 1.807) is 0 Å². The minimum Gasteiger partial charge on any atom is -0.294 e. The predicted molar refractivity (Wildman–Crippen MR) is 176 cm³/mol. The van der Waals surface area contributed by atoms with Gasteiger partial charge in [-0.15, -0.1) is 0 Å². The molecule has 0 saturated heterocycles. The third kappa shape index (κ3) is 4.42. The summed E-state index contributed by atoms with van der Waals surface area (Å²) in [4.78, 5) is 7.37. The van der Waals surface area contributed by atoms with Crippen molar-refractivity contribution in [2.75, 3.05) is 4.90 Å². The van der Waals surface area contributed by atoms with Gasteiger partial charge in [0.15, 0.2) is 0 Å². The molecule has 0 fully saturated rings. The standard InChI is InChI=1S/C39H32N2/c1-39(2,3)30-23-24-36(40-26-30)41(31-15-5-4-6-16-31)38-34-19-11-9-17-32(34)37(33-18-10-12-20-35(33)38)29-22-21-27-13-7-8-14-28(27)25-29/h4-26H,1-3H3. The molecule has 0 spiro atoms. The van der Waals surface area contributed by atoms with Crippen molar-refractivity contribution < 1.29 is 0 Å². The molecule has 6 aromatic carbocycles. The summed E-state index contributed by atoms with van der Waals surface area (Å²) in [5.74, 6) is 0.901. The smallest absolute Gasteiger partial charge is 0.137 e. The van der Waals surface area contributed by atoms with Gasteiger partial charge in [0.25, 0.3) is 0 Å². The number of para-hydroxylation sites is 1. The number of rotatable bonds is 4. The lowest BCUT2D eigenvalue weighted by Gasteiger charge is -2.29. The number of hydrogen-bond acceptors (Lipinski definition) is 2. The lowest BCUT2D eigenvalue weighted by molar-refractivity contribution is 0.587. The molecule has 0 N–H and O–H groups in total. The fraction of sp³-hybridized carbons (Fsp3) is 0.103. The summed E-state index contributed by atoms with van der Waals surface area (Å²) in [5, 5.41) is 7.34. The predicted octanol–water partition coefficient (Wildman–Crippen LogP) is 11.0. The SMILES string of the molecule is CC(C)(C)c1ccc(N(c2ccccc2)c2c3ccccc3c(-c3ccc4ccccc4c3)c3ccccc23)nc1. The number of pyridine rings is 1. The number of hydrogen-bond donors (Lipinski definition) is 0. The first-order valence-electron chi connectivity index (χ1n) is 14.2. The maximum absolute atomic E-state index is 5.05. The molecule has 1 aromatic heterocycles. The molecule has 41 heavy (non-hydrogen) atoms. The van der Waals surface area contributed by atoms with Gasteiger partial charge in [-0.3, -0.25) is 4.90 Å². The van der Waals surface area contributed by atoms with Crippen molar-refractivity contribution >= 4 is 49.5 Å². The maximum Gasteiger partial charge on any atom is 0.137 e. The highest BCUT2D eigenvalue weighted by Gasteiger charge is 2.23. The first kappa shape index (κ1) is 25.0. The van der Waals surface area contributed by atoms with Crippen molar-refractivity contribution in [3.63, 3.8) is 0 Å². The van der Waals surface area contributed by atoms with Crippen molar-refractivity contribution in [1.82, 2.24) is 4.98 Å². The van der Waals surface area contributed by atoms with Crippen LogP contribution < -0.4 is 4.90 Å². The highest BCUT2D eigenvalue weighted by Crippen LogP contribution is 2.47. The first-order valence-corrected chi connectivity index (χ1v) is 14.2. The van der Waals surface area contributed by atoms with E-state index < -0.39 is 0 Å².